The average Bonchev–Trinajstić information content (AvgIpc) is 3.14. The highest BCUT2D eigenvalue weighted by Gasteiger charge is 2.27. The van der Waals surface area contributed by atoms with Crippen LogP contribution in [-0.4, -0.2) is 50.0 Å². The highest BCUT2D eigenvalue weighted by molar-refractivity contribution is 5.79. The molecule has 0 radical (unpaired) electrons. The summed E-state index contributed by atoms with van der Waals surface area (Å²) >= 11 is 0. The minimum absolute atomic E-state index is 0.117. The molecule has 3 heterocycles. The van der Waals surface area contributed by atoms with Gasteiger partial charge in [-0.2, -0.15) is 5.10 Å². The van der Waals surface area contributed by atoms with E-state index in [2.05, 4.69) is 30.5 Å². The Hall–Kier alpha value is -2.51. The topological polar surface area (TPSA) is 88.8 Å². The average molecular weight is 369 g/mol. The van der Waals surface area contributed by atoms with Gasteiger partial charge >= 0.3 is 0 Å². The summed E-state index contributed by atoms with van der Waals surface area (Å²) in [5, 5.41) is 15.9. The molecule has 2 aromatic rings. The molecular formula is C19H27N7O. The maximum atomic E-state index is 12.6. The monoisotopic (exact) mass is 369 g/mol. The minimum atomic E-state index is 0.117. The summed E-state index contributed by atoms with van der Waals surface area (Å²) in [6, 6.07) is 4.23. The van der Waals surface area contributed by atoms with Crippen LogP contribution in [0.25, 0.3) is 5.82 Å². The van der Waals surface area contributed by atoms with E-state index in [-0.39, 0.29) is 11.8 Å². The lowest BCUT2D eigenvalue weighted by molar-refractivity contribution is -0.126. The van der Waals surface area contributed by atoms with Crippen LogP contribution in [0.1, 0.15) is 51.4 Å². The van der Waals surface area contributed by atoms with Crippen LogP contribution < -0.4 is 10.2 Å². The predicted octanol–water partition coefficient (Wildman–Crippen LogP) is 2.11. The summed E-state index contributed by atoms with van der Waals surface area (Å²) in [4.78, 5) is 18.7. The van der Waals surface area contributed by atoms with Crippen molar-refractivity contribution in [2.24, 2.45) is 5.92 Å². The van der Waals surface area contributed by atoms with Gasteiger partial charge in [0.25, 0.3) is 0 Å². The van der Waals surface area contributed by atoms with Crippen LogP contribution in [0.2, 0.25) is 0 Å². The van der Waals surface area contributed by atoms with Crippen molar-refractivity contribution in [2.45, 2.75) is 57.4 Å². The third kappa shape index (κ3) is 4.43. The van der Waals surface area contributed by atoms with E-state index in [9.17, 15) is 4.79 Å². The predicted molar refractivity (Wildman–Crippen MR) is 102 cm³/mol. The molecule has 2 fully saturated rings. The SMILES string of the molecule is O=C(NC1CCCCCC1)C1CCN(c2ccc(-n3cncn3)nn2)CC1. The number of hydrogen-bond acceptors (Lipinski definition) is 6. The molecule has 144 valence electrons. The second-order valence-corrected chi connectivity index (χ2v) is 7.55. The quantitative estimate of drug-likeness (QED) is 0.831. The summed E-state index contributed by atoms with van der Waals surface area (Å²) in [6.45, 7) is 1.67. The number of carbonyl (C=O) groups excluding carboxylic acids is 1. The van der Waals surface area contributed by atoms with Crippen LogP contribution in [0.5, 0.6) is 0 Å². The van der Waals surface area contributed by atoms with Crippen LogP contribution in [0.4, 0.5) is 5.82 Å². The molecule has 27 heavy (non-hydrogen) atoms. The summed E-state index contributed by atoms with van der Waals surface area (Å²) in [6.07, 6.45) is 12.2. The van der Waals surface area contributed by atoms with Gasteiger partial charge in [0.2, 0.25) is 5.91 Å². The Morgan fingerprint density at radius 2 is 1.67 bits per heavy atom. The molecule has 0 spiro atoms. The van der Waals surface area contributed by atoms with Gasteiger partial charge in [0.05, 0.1) is 0 Å². The molecule has 4 rings (SSSR count). The molecule has 1 amide bonds. The minimum Gasteiger partial charge on any atom is -0.355 e. The number of anilines is 1. The maximum absolute atomic E-state index is 12.6. The fourth-order valence-electron chi connectivity index (χ4n) is 4.05. The summed E-state index contributed by atoms with van der Waals surface area (Å²) in [5.41, 5.74) is 0. The van der Waals surface area contributed by atoms with Gasteiger partial charge in [-0.15, -0.1) is 10.2 Å². The molecule has 2 aliphatic rings. The fraction of sp³-hybridized carbons (Fsp3) is 0.632. The highest BCUT2D eigenvalue weighted by atomic mass is 16.1. The van der Waals surface area contributed by atoms with E-state index < -0.39 is 0 Å². The first-order valence-electron chi connectivity index (χ1n) is 10.0. The number of piperidine rings is 1. The van der Waals surface area contributed by atoms with Gasteiger partial charge in [-0.05, 0) is 37.8 Å². The van der Waals surface area contributed by atoms with Crippen LogP contribution in [0.15, 0.2) is 24.8 Å². The molecule has 0 bridgehead atoms. The van der Waals surface area contributed by atoms with Gasteiger partial charge in [0.15, 0.2) is 11.6 Å². The molecule has 0 unspecified atom stereocenters. The summed E-state index contributed by atoms with van der Waals surface area (Å²) < 4.78 is 1.58. The van der Waals surface area contributed by atoms with Gasteiger partial charge in [0.1, 0.15) is 12.7 Å². The Morgan fingerprint density at radius 3 is 2.30 bits per heavy atom. The number of carbonyl (C=O) groups is 1. The van der Waals surface area contributed by atoms with Gasteiger partial charge in [0, 0.05) is 25.0 Å². The second-order valence-electron chi connectivity index (χ2n) is 7.55. The van der Waals surface area contributed by atoms with Crippen LogP contribution in [0.3, 0.4) is 0 Å². The molecule has 1 aliphatic carbocycles. The Morgan fingerprint density at radius 1 is 0.963 bits per heavy atom. The standard InChI is InChI=1S/C19H27N7O/c27-19(22-16-5-3-1-2-4-6-16)15-9-11-25(12-10-15)17-7-8-18(24-23-17)26-14-20-13-21-26/h7-8,13-16H,1-6,9-12H2,(H,22,27). The van der Waals surface area contributed by atoms with E-state index in [0.717, 1.165) is 44.6 Å². The molecule has 1 saturated carbocycles. The molecule has 8 heteroatoms. The van der Waals surface area contributed by atoms with Crippen LogP contribution >= 0.6 is 0 Å². The summed E-state index contributed by atoms with van der Waals surface area (Å²) in [5.74, 6) is 1.86. The van der Waals surface area contributed by atoms with Crippen molar-refractivity contribution in [2.75, 3.05) is 18.0 Å². The van der Waals surface area contributed by atoms with Crippen molar-refractivity contribution in [3.8, 4) is 5.82 Å². The molecular weight excluding hydrogens is 342 g/mol. The third-order valence-electron chi connectivity index (χ3n) is 5.68. The third-order valence-corrected chi connectivity index (χ3v) is 5.68. The van der Waals surface area contributed by atoms with Crippen LogP contribution in [-0.2, 0) is 4.79 Å². The van der Waals surface area contributed by atoms with Gasteiger partial charge < -0.3 is 10.2 Å². The fourth-order valence-corrected chi connectivity index (χ4v) is 4.05. The van der Waals surface area contributed by atoms with Crippen molar-refractivity contribution in [3.63, 3.8) is 0 Å². The Kier molecular flexibility index (Phi) is 5.60. The van der Waals surface area contributed by atoms with Gasteiger partial charge in [-0.1, -0.05) is 25.7 Å². The molecule has 1 N–H and O–H groups in total. The van der Waals surface area contributed by atoms with Crippen molar-refractivity contribution in [1.82, 2.24) is 30.3 Å². The first kappa shape index (κ1) is 17.9. The number of nitrogens with one attached hydrogen (secondary N) is 1. The van der Waals surface area contributed by atoms with E-state index in [1.807, 2.05) is 12.1 Å². The zero-order valence-corrected chi connectivity index (χ0v) is 15.6. The Bertz CT molecular complexity index is 715. The van der Waals surface area contributed by atoms with Gasteiger partial charge in [-0.25, -0.2) is 9.67 Å². The first-order valence-corrected chi connectivity index (χ1v) is 10.0. The number of amides is 1. The molecule has 1 aliphatic heterocycles. The lowest BCUT2D eigenvalue weighted by Crippen LogP contribution is -2.44. The number of aromatic nitrogens is 5. The van der Waals surface area contributed by atoms with E-state index in [1.165, 1.54) is 32.0 Å². The zero-order chi connectivity index (χ0) is 18.5. The molecule has 2 aromatic heterocycles. The van der Waals surface area contributed by atoms with Crippen molar-refractivity contribution in [1.29, 1.82) is 0 Å². The largest absolute Gasteiger partial charge is 0.355 e. The Balaban J connectivity index is 1.28. The molecule has 0 atom stereocenters. The first-order chi connectivity index (χ1) is 13.3. The highest BCUT2D eigenvalue weighted by Crippen LogP contribution is 2.23. The maximum Gasteiger partial charge on any atom is 0.223 e. The van der Waals surface area contributed by atoms with E-state index >= 15 is 0 Å². The normalized spacial score (nSPS) is 19.6. The smallest absolute Gasteiger partial charge is 0.223 e. The lowest BCUT2D eigenvalue weighted by atomic mass is 9.95. The lowest BCUT2D eigenvalue weighted by Gasteiger charge is -2.32. The number of rotatable bonds is 4. The second kappa shape index (κ2) is 8.45. The van der Waals surface area contributed by atoms with Crippen molar-refractivity contribution in [3.05, 3.63) is 24.8 Å². The van der Waals surface area contributed by atoms with E-state index in [0.29, 0.717) is 11.9 Å². The summed E-state index contributed by atoms with van der Waals surface area (Å²) in [7, 11) is 0. The molecule has 1 saturated heterocycles. The number of nitrogens with zero attached hydrogens (tertiary/aromatic N) is 6. The van der Waals surface area contributed by atoms with Crippen molar-refractivity contribution < 1.29 is 4.79 Å². The van der Waals surface area contributed by atoms with E-state index in [1.54, 1.807) is 11.0 Å². The zero-order valence-electron chi connectivity index (χ0n) is 15.6. The Labute approximate surface area is 159 Å². The van der Waals surface area contributed by atoms with E-state index in [4.69, 9.17) is 0 Å². The number of hydrogen-bond donors (Lipinski definition) is 1. The van der Waals surface area contributed by atoms with Crippen molar-refractivity contribution >= 4 is 11.7 Å². The molecule has 8 nitrogen and oxygen atoms in total. The van der Waals surface area contributed by atoms with Gasteiger partial charge in [-0.3, -0.25) is 4.79 Å². The molecule has 0 aromatic carbocycles. The van der Waals surface area contributed by atoms with Crippen LogP contribution in [0, 0.1) is 5.92 Å².